The summed E-state index contributed by atoms with van der Waals surface area (Å²) < 4.78 is 0. The van der Waals surface area contributed by atoms with E-state index in [1.165, 1.54) is 25.7 Å². The third-order valence-electron chi connectivity index (χ3n) is 4.05. The molecule has 0 spiro atoms. The first-order chi connectivity index (χ1) is 9.08. The molecule has 19 heavy (non-hydrogen) atoms. The first-order valence-corrected chi connectivity index (χ1v) is 6.95. The molecule has 0 amide bonds. The molecule has 2 unspecified atom stereocenters. The number of hydrogen-bond donors (Lipinski definition) is 1. The third kappa shape index (κ3) is 3.53. The molecule has 0 aliphatic heterocycles. The van der Waals surface area contributed by atoms with E-state index in [4.69, 9.17) is 0 Å². The molecule has 0 radical (unpaired) electrons. The predicted molar refractivity (Wildman–Crippen MR) is 74.1 cm³/mol. The van der Waals surface area contributed by atoms with Crippen LogP contribution in [-0.2, 0) is 6.54 Å². The normalized spacial score (nSPS) is 23.5. The number of hydrogen-bond acceptors (Lipinski definition) is 3. The first kappa shape index (κ1) is 14.0. The zero-order valence-corrected chi connectivity index (χ0v) is 11.7. The molecule has 1 N–H and O–H groups in total. The summed E-state index contributed by atoms with van der Waals surface area (Å²) in [7, 11) is 2.07. The standard InChI is InChI=1S/C15H22N2O2/c1-11-5-3-6-12(9-11)17(2)10-14-13(15(18)19)7-4-8-16-14/h4,7-8,11-12H,3,5-6,9-10H2,1-2H3,(H,18,19). The Hall–Kier alpha value is -1.42. The molecular weight excluding hydrogens is 240 g/mol. The Kier molecular flexibility index (Phi) is 4.53. The van der Waals surface area contributed by atoms with Crippen molar-refractivity contribution in [3.8, 4) is 0 Å². The summed E-state index contributed by atoms with van der Waals surface area (Å²) in [6.45, 7) is 2.91. The molecular formula is C15H22N2O2. The van der Waals surface area contributed by atoms with Gasteiger partial charge in [0.05, 0.1) is 11.3 Å². The summed E-state index contributed by atoms with van der Waals surface area (Å²) in [6.07, 6.45) is 6.65. The van der Waals surface area contributed by atoms with Crippen molar-refractivity contribution in [2.24, 2.45) is 5.92 Å². The highest BCUT2D eigenvalue weighted by molar-refractivity contribution is 5.88. The van der Waals surface area contributed by atoms with Gasteiger partial charge in [0.2, 0.25) is 0 Å². The fourth-order valence-corrected chi connectivity index (χ4v) is 2.93. The molecule has 1 aliphatic rings. The number of pyridine rings is 1. The Morgan fingerprint density at radius 1 is 1.53 bits per heavy atom. The fraction of sp³-hybridized carbons (Fsp3) is 0.600. The van der Waals surface area contributed by atoms with Gasteiger partial charge in [-0.15, -0.1) is 0 Å². The van der Waals surface area contributed by atoms with Gasteiger partial charge in [-0.05, 0) is 37.9 Å². The van der Waals surface area contributed by atoms with Crippen molar-refractivity contribution in [2.75, 3.05) is 7.05 Å². The summed E-state index contributed by atoms with van der Waals surface area (Å²) in [5.41, 5.74) is 0.980. The predicted octanol–water partition coefficient (Wildman–Crippen LogP) is 2.79. The molecule has 2 atom stereocenters. The minimum Gasteiger partial charge on any atom is -0.478 e. The van der Waals surface area contributed by atoms with E-state index < -0.39 is 5.97 Å². The van der Waals surface area contributed by atoms with Gasteiger partial charge in [-0.2, -0.15) is 0 Å². The lowest BCUT2D eigenvalue weighted by atomic mass is 9.86. The van der Waals surface area contributed by atoms with E-state index in [-0.39, 0.29) is 0 Å². The average molecular weight is 262 g/mol. The fourth-order valence-electron chi connectivity index (χ4n) is 2.93. The number of aromatic nitrogens is 1. The summed E-state index contributed by atoms with van der Waals surface area (Å²) in [5, 5.41) is 9.17. The van der Waals surface area contributed by atoms with Gasteiger partial charge in [0, 0.05) is 18.8 Å². The van der Waals surface area contributed by atoms with Crippen LogP contribution in [0.15, 0.2) is 18.3 Å². The number of rotatable bonds is 4. The van der Waals surface area contributed by atoms with Crippen molar-refractivity contribution in [3.05, 3.63) is 29.6 Å². The van der Waals surface area contributed by atoms with Crippen LogP contribution in [0, 0.1) is 5.92 Å². The molecule has 1 heterocycles. The molecule has 1 fully saturated rings. The molecule has 1 aliphatic carbocycles. The van der Waals surface area contributed by atoms with Crippen molar-refractivity contribution in [1.29, 1.82) is 0 Å². The van der Waals surface area contributed by atoms with Crippen LogP contribution in [0.4, 0.5) is 0 Å². The van der Waals surface area contributed by atoms with Gasteiger partial charge in [-0.3, -0.25) is 9.88 Å². The Bertz CT molecular complexity index is 448. The maximum Gasteiger partial charge on any atom is 0.337 e. The number of carbonyl (C=O) groups is 1. The van der Waals surface area contributed by atoms with E-state index in [9.17, 15) is 9.90 Å². The van der Waals surface area contributed by atoms with Crippen LogP contribution in [0.2, 0.25) is 0 Å². The molecule has 0 bridgehead atoms. The number of aromatic carboxylic acids is 1. The zero-order valence-electron chi connectivity index (χ0n) is 11.7. The highest BCUT2D eigenvalue weighted by Gasteiger charge is 2.23. The molecule has 1 aromatic heterocycles. The maximum atomic E-state index is 11.2. The summed E-state index contributed by atoms with van der Waals surface area (Å²) in [5.74, 6) is -0.127. The van der Waals surface area contributed by atoms with Crippen LogP contribution in [0.5, 0.6) is 0 Å². The van der Waals surface area contributed by atoms with Gasteiger partial charge in [0.15, 0.2) is 0 Å². The van der Waals surface area contributed by atoms with E-state index >= 15 is 0 Å². The molecule has 1 saturated carbocycles. The Labute approximate surface area is 114 Å². The van der Waals surface area contributed by atoms with Gasteiger partial charge < -0.3 is 5.11 Å². The van der Waals surface area contributed by atoms with Gasteiger partial charge in [0.1, 0.15) is 0 Å². The van der Waals surface area contributed by atoms with E-state index in [2.05, 4.69) is 23.9 Å². The van der Waals surface area contributed by atoms with Crippen LogP contribution >= 0.6 is 0 Å². The second-order valence-electron chi connectivity index (χ2n) is 5.64. The summed E-state index contributed by atoms with van der Waals surface area (Å²) in [6, 6.07) is 3.85. The highest BCUT2D eigenvalue weighted by atomic mass is 16.4. The maximum absolute atomic E-state index is 11.2. The summed E-state index contributed by atoms with van der Waals surface area (Å²) >= 11 is 0. The minimum absolute atomic E-state index is 0.318. The van der Waals surface area contributed by atoms with Crippen molar-refractivity contribution in [3.63, 3.8) is 0 Å². The number of carboxylic acid groups (broad SMARTS) is 1. The Morgan fingerprint density at radius 2 is 2.32 bits per heavy atom. The smallest absolute Gasteiger partial charge is 0.337 e. The lowest BCUT2D eigenvalue weighted by molar-refractivity contribution is 0.0692. The van der Waals surface area contributed by atoms with Crippen LogP contribution in [0.25, 0.3) is 0 Å². The molecule has 1 aromatic rings. The Morgan fingerprint density at radius 3 is 3.00 bits per heavy atom. The van der Waals surface area contributed by atoms with Crippen molar-refractivity contribution < 1.29 is 9.90 Å². The van der Waals surface area contributed by atoms with E-state index in [0.717, 1.165) is 5.92 Å². The molecule has 0 saturated heterocycles. The highest BCUT2D eigenvalue weighted by Crippen LogP contribution is 2.27. The van der Waals surface area contributed by atoms with Gasteiger partial charge in [0.25, 0.3) is 0 Å². The Balaban J connectivity index is 2.06. The molecule has 0 aromatic carbocycles. The van der Waals surface area contributed by atoms with Crippen LogP contribution < -0.4 is 0 Å². The van der Waals surface area contributed by atoms with Crippen LogP contribution in [0.1, 0.15) is 48.7 Å². The number of nitrogens with zero attached hydrogens (tertiary/aromatic N) is 2. The number of carboxylic acids is 1. The van der Waals surface area contributed by atoms with Crippen LogP contribution in [-0.4, -0.2) is 34.0 Å². The first-order valence-electron chi connectivity index (χ1n) is 6.95. The lowest BCUT2D eigenvalue weighted by Crippen LogP contribution is -2.35. The second-order valence-corrected chi connectivity index (χ2v) is 5.64. The zero-order chi connectivity index (χ0) is 13.8. The van der Waals surface area contributed by atoms with Crippen molar-refractivity contribution in [1.82, 2.24) is 9.88 Å². The molecule has 4 nitrogen and oxygen atoms in total. The molecule has 4 heteroatoms. The van der Waals surface area contributed by atoms with Gasteiger partial charge >= 0.3 is 5.97 Å². The van der Waals surface area contributed by atoms with Gasteiger partial charge in [-0.25, -0.2) is 4.79 Å². The minimum atomic E-state index is -0.895. The van der Waals surface area contributed by atoms with E-state index in [0.29, 0.717) is 23.8 Å². The lowest BCUT2D eigenvalue weighted by Gasteiger charge is -2.34. The van der Waals surface area contributed by atoms with Crippen molar-refractivity contribution in [2.45, 2.75) is 45.2 Å². The van der Waals surface area contributed by atoms with Gasteiger partial charge in [-0.1, -0.05) is 19.8 Å². The quantitative estimate of drug-likeness (QED) is 0.906. The van der Waals surface area contributed by atoms with Crippen molar-refractivity contribution >= 4 is 5.97 Å². The summed E-state index contributed by atoms with van der Waals surface area (Å²) in [4.78, 5) is 17.7. The monoisotopic (exact) mass is 262 g/mol. The van der Waals surface area contributed by atoms with Crippen LogP contribution in [0.3, 0.4) is 0 Å². The SMILES string of the molecule is CC1CCCC(N(C)Cc2ncccc2C(=O)O)C1. The molecule has 2 rings (SSSR count). The topological polar surface area (TPSA) is 53.4 Å². The molecule has 104 valence electrons. The third-order valence-corrected chi connectivity index (χ3v) is 4.05. The van der Waals surface area contributed by atoms with E-state index in [1.54, 1.807) is 18.3 Å². The second kappa shape index (κ2) is 6.15. The average Bonchev–Trinajstić information content (AvgIpc) is 2.39. The largest absolute Gasteiger partial charge is 0.478 e. The van der Waals surface area contributed by atoms with E-state index in [1.807, 2.05) is 0 Å².